The summed E-state index contributed by atoms with van der Waals surface area (Å²) in [7, 11) is 0. The number of carbonyl (C=O) groups is 2. The van der Waals surface area contributed by atoms with Crippen molar-refractivity contribution >= 4 is 17.7 Å². The summed E-state index contributed by atoms with van der Waals surface area (Å²) in [5, 5.41) is 12.2. The highest BCUT2D eigenvalue weighted by Crippen LogP contribution is 2.44. The second-order valence-corrected chi connectivity index (χ2v) is 8.19. The van der Waals surface area contributed by atoms with Gasteiger partial charge in [0.15, 0.2) is 0 Å². The van der Waals surface area contributed by atoms with Crippen LogP contribution in [0.15, 0.2) is 72.8 Å². The van der Waals surface area contributed by atoms with E-state index in [1.165, 1.54) is 28.2 Å². The zero-order valence-electron chi connectivity index (χ0n) is 17.5. The Bertz CT molecular complexity index is 1110. The van der Waals surface area contributed by atoms with Crippen molar-refractivity contribution in [1.29, 1.82) is 0 Å². The van der Waals surface area contributed by atoms with Gasteiger partial charge in [0.1, 0.15) is 18.4 Å². The molecular formula is C26H24N2O4. The van der Waals surface area contributed by atoms with Crippen LogP contribution in [0.3, 0.4) is 0 Å². The molecule has 162 valence electrons. The lowest BCUT2D eigenvalue weighted by Gasteiger charge is -2.24. The van der Waals surface area contributed by atoms with Crippen molar-refractivity contribution in [2.24, 2.45) is 0 Å². The Morgan fingerprint density at radius 2 is 1.56 bits per heavy atom. The average molecular weight is 428 g/mol. The molecule has 1 fully saturated rings. The van der Waals surface area contributed by atoms with Gasteiger partial charge >= 0.3 is 6.09 Å². The van der Waals surface area contributed by atoms with Crippen molar-refractivity contribution in [3.05, 3.63) is 83.9 Å². The number of nitrogens with one attached hydrogen (secondary N) is 1. The number of carbonyl (C=O) groups excluding carboxylic acids is 2. The summed E-state index contributed by atoms with van der Waals surface area (Å²) in [5.74, 6) is -0.135. The van der Waals surface area contributed by atoms with E-state index in [1.807, 2.05) is 24.3 Å². The predicted molar refractivity (Wildman–Crippen MR) is 122 cm³/mol. The summed E-state index contributed by atoms with van der Waals surface area (Å²) in [6.07, 6.45) is 0.876. The fourth-order valence-corrected chi connectivity index (χ4v) is 4.71. The highest BCUT2D eigenvalue weighted by molar-refractivity contribution is 5.97. The summed E-state index contributed by atoms with van der Waals surface area (Å²) < 4.78 is 5.74. The average Bonchev–Trinajstić information content (AvgIpc) is 3.43. The van der Waals surface area contributed by atoms with Gasteiger partial charge < -0.3 is 15.2 Å². The number of likely N-dealkylation sites (tertiary alicyclic amines) is 1. The van der Waals surface area contributed by atoms with Crippen molar-refractivity contribution in [3.8, 4) is 16.9 Å². The third-order valence-electron chi connectivity index (χ3n) is 6.26. The van der Waals surface area contributed by atoms with E-state index in [1.54, 1.807) is 12.1 Å². The normalized spacial score (nSPS) is 17.0. The Morgan fingerprint density at radius 1 is 0.938 bits per heavy atom. The number of nitrogens with zero attached hydrogens (tertiary/aromatic N) is 1. The number of anilines is 1. The van der Waals surface area contributed by atoms with Crippen molar-refractivity contribution < 1.29 is 19.4 Å². The van der Waals surface area contributed by atoms with Crippen molar-refractivity contribution in [3.63, 3.8) is 0 Å². The number of hydrogen-bond acceptors (Lipinski definition) is 4. The first kappa shape index (κ1) is 20.1. The quantitative estimate of drug-likeness (QED) is 0.588. The van der Waals surface area contributed by atoms with Gasteiger partial charge in [-0.2, -0.15) is 0 Å². The van der Waals surface area contributed by atoms with Gasteiger partial charge in [-0.15, -0.1) is 0 Å². The maximum atomic E-state index is 12.9. The molecule has 1 heterocycles. The van der Waals surface area contributed by atoms with Gasteiger partial charge in [-0.1, -0.05) is 48.5 Å². The minimum absolute atomic E-state index is 0.0155. The molecule has 3 aromatic rings. The molecule has 1 aliphatic heterocycles. The van der Waals surface area contributed by atoms with Gasteiger partial charge in [0.25, 0.3) is 0 Å². The molecule has 3 aromatic carbocycles. The van der Waals surface area contributed by atoms with E-state index in [4.69, 9.17) is 4.74 Å². The first-order chi connectivity index (χ1) is 15.6. The van der Waals surface area contributed by atoms with Crippen LogP contribution in [-0.4, -0.2) is 41.2 Å². The van der Waals surface area contributed by atoms with Crippen LogP contribution in [0.1, 0.15) is 29.9 Å². The Balaban J connectivity index is 1.27. The molecule has 0 saturated carbocycles. The number of aromatic hydroxyl groups is 1. The van der Waals surface area contributed by atoms with Gasteiger partial charge in [0.2, 0.25) is 5.91 Å². The van der Waals surface area contributed by atoms with Crippen LogP contribution in [0.25, 0.3) is 11.1 Å². The molecule has 32 heavy (non-hydrogen) atoms. The largest absolute Gasteiger partial charge is 0.508 e. The highest BCUT2D eigenvalue weighted by Gasteiger charge is 2.36. The Labute approximate surface area is 186 Å². The number of fused-ring (bicyclic) bond motifs is 3. The second-order valence-electron chi connectivity index (χ2n) is 8.19. The molecule has 0 spiro atoms. The lowest BCUT2D eigenvalue weighted by molar-refractivity contribution is -0.120. The zero-order chi connectivity index (χ0) is 22.1. The number of phenolic OH excluding ortho intramolecular Hbond substituents is 1. The molecule has 2 N–H and O–H groups in total. The van der Waals surface area contributed by atoms with Crippen LogP contribution < -0.4 is 5.32 Å². The number of phenols is 1. The van der Waals surface area contributed by atoms with Gasteiger partial charge in [0, 0.05) is 18.2 Å². The van der Waals surface area contributed by atoms with E-state index in [2.05, 4.69) is 29.6 Å². The SMILES string of the molecule is O=C(Nc1ccc(O)cc1)[C@@H]1CCCN1C(=O)OCC1c2ccccc2-c2ccccc21. The smallest absolute Gasteiger partial charge is 0.410 e. The topological polar surface area (TPSA) is 78.9 Å². The van der Waals surface area contributed by atoms with Crippen LogP contribution in [0, 0.1) is 0 Å². The van der Waals surface area contributed by atoms with Crippen molar-refractivity contribution in [1.82, 2.24) is 4.90 Å². The summed E-state index contributed by atoms with van der Waals surface area (Å²) in [6, 6.07) is 22.1. The van der Waals surface area contributed by atoms with E-state index < -0.39 is 12.1 Å². The lowest BCUT2D eigenvalue weighted by Crippen LogP contribution is -2.43. The predicted octanol–water partition coefficient (Wildman–Crippen LogP) is 4.74. The van der Waals surface area contributed by atoms with E-state index in [0.717, 1.165) is 17.5 Å². The zero-order valence-corrected chi connectivity index (χ0v) is 17.5. The molecule has 5 rings (SSSR count). The maximum Gasteiger partial charge on any atom is 0.410 e. The van der Waals surface area contributed by atoms with Crippen LogP contribution in [-0.2, 0) is 9.53 Å². The van der Waals surface area contributed by atoms with E-state index >= 15 is 0 Å². The van der Waals surface area contributed by atoms with E-state index in [0.29, 0.717) is 18.7 Å². The molecule has 6 heteroatoms. The minimum Gasteiger partial charge on any atom is -0.508 e. The third kappa shape index (κ3) is 3.68. The summed E-state index contributed by atoms with van der Waals surface area (Å²) >= 11 is 0. The highest BCUT2D eigenvalue weighted by atomic mass is 16.6. The standard InChI is InChI=1S/C26H24N2O4/c29-18-13-11-17(12-14-18)27-25(30)24-10-5-15-28(24)26(31)32-16-23-21-8-3-1-6-19(21)20-7-2-4-9-22(20)23/h1-4,6-9,11-14,23-24,29H,5,10,15-16H2,(H,27,30)/t24-/m0/s1. The fraction of sp³-hybridized carbons (Fsp3) is 0.231. The molecule has 6 nitrogen and oxygen atoms in total. The first-order valence-corrected chi connectivity index (χ1v) is 10.8. The van der Waals surface area contributed by atoms with Crippen LogP contribution in [0.4, 0.5) is 10.5 Å². The molecule has 1 saturated heterocycles. The number of rotatable bonds is 4. The van der Waals surface area contributed by atoms with Crippen LogP contribution in [0.2, 0.25) is 0 Å². The lowest BCUT2D eigenvalue weighted by atomic mass is 9.98. The van der Waals surface area contributed by atoms with Gasteiger partial charge in [-0.05, 0) is 59.4 Å². The molecule has 0 bridgehead atoms. The fourth-order valence-electron chi connectivity index (χ4n) is 4.71. The summed E-state index contributed by atoms with van der Waals surface area (Å²) in [4.78, 5) is 27.2. The number of ether oxygens (including phenoxy) is 1. The molecule has 1 atom stereocenters. The van der Waals surface area contributed by atoms with Crippen LogP contribution >= 0.6 is 0 Å². The molecule has 0 aromatic heterocycles. The van der Waals surface area contributed by atoms with Gasteiger partial charge in [-0.3, -0.25) is 9.69 Å². The Hall–Kier alpha value is -3.80. The number of hydrogen-bond donors (Lipinski definition) is 2. The number of benzene rings is 3. The van der Waals surface area contributed by atoms with E-state index in [9.17, 15) is 14.7 Å². The Kier molecular flexibility index (Phi) is 5.27. The monoisotopic (exact) mass is 428 g/mol. The second kappa shape index (κ2) is 8.38. The molecule has 2 amide bonds. The summed E-state index contributed by atoms with van der Waals surface area (Å²) in [5.41, 5.74) is 5.24. The first-order valence-electron chi connectivity index (χ1n) is 10.8. The Morgan fingerprint density at radius 3 is 2.22 bits per heavy atom. The van der Waals surface area contributed by atoms with Crippen LogP contribution in [0.5, 0.6) is 5.75 Å². The van der Waals surface area contributed by atoms with Crippen molar-refractivity contribution in [2.75, 3.05) is 18.5 Å². The van der Waals surface area contributed by atoms with Gasteiger partial charge in [-0.25, -0.2) is 4.79 Å². The minimum atomic E-state index is -0.570. The van der Waals surface area contributed by atoms with E-state index in [-0.39, 0.29) is 24.2 Å². The third-order valence-corrected chi connectivity index (χ3v) is 6.26. The molecule has 2 aliphatic rings. The molecule has 0 radical (unpaired) electrons. The molecule has 1 aliphatic carbocycles. The number of amides is 2. The van der Waals surface area contributed by atoms with Crippen molar-refractivity contribution in [2.45, 2.75) is 24.8 Å². The molecular weight excluding hydrogens is 404 g/mol. The summed E-state index contributed by atoms with van der Waals surface area (Å²) in [6.45, 7) is 0.722. The maximum absolute atomic E-state index is 12.9. The van der Waals surface area contributed by atoms with Gasteiger partial charge in [0.05, 0.1) is 0 Å². The molecule has 0 unspecified atom stereocenters.